The largest absolute Gasteiger partial charge is 0.376 e. The Morgan fingerprint density at radius 1 is 1.23 bits per heavy atom. The molecule has 0 unspecified atom stereocenters. The lowest BCUT2D eigenvalue weighted by molar-refractivity contribution is -0.114. The van der Waals surface area contributed by atoms with E-state index in [4.69, 9.17) is 16.9 Å². The van der Waals surface area contributed by atoms with Gasteiger partial charge in [0.2, 0.25) is 5.91 Å². The number of carbonyl (C=O) groups is 1. The number of nitrogens with one attached hydrogen (secondary N) is 2. The Bertz CT molecular complexity index is 750. The fourth-order valence-corrected chi connectivity index (χ4v) is 2.21. The molecule has 2 aromatic carbocycles. The highest BCUT2D eigenvalue weighted by Crippen LogP contribution is 2.20. The molecule has 0 aliphatic heterocycles. The van der Waals surface area contributed by atoms with Gasteiger partial charge in [0.1, 0.15) is 6.07 Å². The van der Waals surface area contributed by atoms with Crippen molar-refractivity contribution in [1.29, 1.82) is 5.26 Å². The van der Waals surface area contributed by atoms with Gasteiger partial charge in [0.25, 0.3) is 0 Å². The van der Waals surface area contributed by atoms with Gasteiger partial charge in [0.05, 0.1) is 17.1 Å². The monoisotopic (exact) mass is 313 g/mol. The summed E-state index contributed by atoms with van der Waals surface area (Å²) in [5.74, 6) is -0.179. The van der Waals surface area contributed by atoms with Crippen LogP contribution in [-0.2, 0) is 4.79 Å². The predicted molar refractivity (Wildman–Crippen MR) is 89.2 cm³/mol. The standard InChI is InChI=1S/C17H16ClN3O/c1-11-3-4-12(2)16(7-11)20-10-17(22)21-14-6-5-13(9-19)15(18)8-14/h3-8,20H,10H2,1-2H3,(H,21,22). The lowest BCUT2D eigenvalue weighted by atomic mass is 10.1. The summed E-state index contributed by atoms with van der Waals surface area (Å²) < 4.78 is 0. The van der Waals surface area contributed by atoms with Crippen molar-refractivity contribution < 1.29 is 4.79 Å². The number of benzene rings is 2. The van der Waals surface area contributed by atoms with Gasteiger partial charge in [-0.3, -0.25) is 4.79 Å². The number of rotatable bonds is 4. The van der Waals surface area contributed by atoms with Gasteiger partial charge in [-0.1, -0.05) is 23.7 Å². The number of halogens is 1. The van der Waals surface area contributed by atoms with Crippen molar-refractivity contribution in [3.05, 3.63) is 58.1 Å². The first-order valence-corrected chi connectivity index (χ1v) is 7.18. The minimum Gasteiger partial charge on any atom is -0.376 e. The van der Waals surface area contributed by atoms with Crippen LogP contribution in [0, 0.1) is 25.2 Å². The van der Waals surface area contributed by atoms with Crippen LogP contribution in [0.4, 0.5) is 11.4 Å². The van der Waals surface area contributed by atoms with Crippen LogP contribution in [0.5, 0.6) is 0 Å². The Morgan fingerprint density at radius 3 is 2.68 bits per heavy atom. The average molecular weight is 314 g/mol. The Balaban J connectivity index is 1.97. The zero-order chi connectivity index (χ0) is 16.1. The Hall–Kier alpha value is -2.51. The van der Waals surface area contributed by atoms with Gasteiger partial charge in [-0.15, -0.1) is 0 Å². The number of hydrogen-bond donors (Lipinski definition) is 2. The van der Waals surface area contributed by atoms with Gasteiger partial charge in [-0.25, -0.2) is 0 Å². The van der Waals surface area contributed by atoms with Crippen LogP contribution >= 0.6 is 11.6 Å². The Labute approximate surface area is 134 Å². The molecule has 0 bridgehead atoms. The van der Waals surface area contributed by atoms with Crippen molar-refractivity contribution in [2.24, 2.45) is 0 Å². The molecule has 112 valence electrons. The number of aryl methyl sites for hydroxylation is 2. The fourth-order valence-electron chi connectivity index (χ4n) is 1.99. The van der Waals surface area contributed by atoms with Gasteiger partial charge in [0, 0.05) is 11.4 Å². The smallest absolute Gasteiger partial charge is 0.243 e. The van der Waals surface area contributed by atoms with E-state index in [1.165, 1.54) is 0 Å². The zero-order valence-electron chi connectivity index (χ0n) is 12.4. The van der Waals surface area contributed by atoms with Crippen molar-refractivity contribution in [1.82, 2.24) is 0 Å². The molecule has 0 aliphatic carbocycles. The van der Waals surface area contributed by atoms with Gasteiger partial charge >= 0.3 is 0 Å². The summed E-state index contributed by atoms with van der Waals surface area (Å²) in [6.07, 6.45) is 0. The molecule has 0 aromatic heterocycles. The number of hydrogen-bond acceptors (Lipinski definition) is 3. The molecular formula is C17H16ClN3O. The minimum absolute atomic E-state index is 0.155. The van der Waals surface area contributed by atoms with E-state index in [1.54, 1.807) is 18.2 Å². The minimum atomic E-state index is -0.179. The second kappa shape index (κ2) is 6.97. The normalized spacial score (nSPS) is 9.91. The van der Waals surface area contributed by atoms with Crippen molar-refractivity contribution >= 4 is 28.9 Å². The van der Waals surface area contributed by atoms with Gasteiger partial charge < -0.3 is 10.6 Å². The summed E-state index contributed by atoms with van der Waals surface area (Å²) in [5, 5.41) is 15.0. The predicted octanol–water partition coefficient (Wildman–Crippen LogP) is 3.88. The third kappa shape index (κ3) is 4.00. The maximum absolute atomic E-state index is 12.0. The third-order valence-electron chi connectivity index (χ3n) is 3.21. The van der Waals surface area contributed by atoms with Crippen LogP contribution in [0.15, 0.2) is 36.4 Å². The zero-order valence-corrected chi connectivity index (χ0v) is 13.2. The van der Waals surface area contributed by atoms with E-state index >= 15 is 0 Å². The SMILES string of the molecule is Cc1ccc(C)c(NCC(=O)Nc2ccc(C#N)c(Cl)c2)c1. The molecule has 4 nitrogen and oxygen atoms in total. The molecule has 0 radical (unpaired) electrons. The van der Waals surface area contributed by atoms with E-state index in [-0.39, 0.29) is 12.5 Å². The highest BCUT2D eigenvalue weighted by atomic mass is 35.5. The molecule has 0 aliphatic rings. The summed E-state index contributed by atoms with van der Waals surface area (Å²) >= 11 is 5.93. The lowest BCUT2D eigenvalue weighted by Crippen LogP contribution is -2.22. The lowest BCUT2D eigenvalue weighted by Gasteiger charge is -2.11. The molecule has 5 heteroatoms. The molecular weight excluding hydrogens is 298 g/mol. The van der Waals surface area contributed by atoms with Crippen LogP contribution < -0.4 is 10.6 Å². The van der Waals surface area contributed by atoms with E-state index in [1.807, 2.05) is 38.1 Å². The topological polar surface area (TPSA) is 64.9 Å². The number of anilines is 2. The number of nitrogens with zero attached hydrogens (tertiary/aromatic N) is 1. The number of carbonyl (C=O) groups excluding carboxylic acids is 1. The van der Waals surface area contributed by atoms with Crippen LogP contribution in [-0.4, -0.2) is 12.5 Å². The van der Waals surface area contributed by atoms with E-state index in [0.29, 0.717) is 16.3 Å². The van der Waals surface area contributed by atoms with Crippen molar-refractivity contribution in [2.75, 3.05) is 17.2 Å². The molecule has 0 saturated carbocycles. The first-order chi connectivity index (χ1) is 10.5. The van der Waals surface area contributed by atoms with Gasteiger partial charge in [-0.05, 0) is 49.2 Å². The molecule has 0 atom stereocenters. The first-order valence-electron chi connectivity index (χ1n) is 6.80. The second-order valence-electron chi connectivity index (χ2n) is 5.03. The summed E-state index contributed by atoms with van der Waals surface area (Å²) in [7, 11) is 0. The Kier molecular flexibility index (Phi) is 5.03. The molecule has 0 fully saturated rings. The van der Waals surface area contributed by atoms with Crippen molar-refractivity contribution in [3.63, 3.8) is 0 Å². The first kappa shape index (κ1) is 15.9. The van der Waals surface area contributed by atoms with Crippen LogP contribution in [0.2, 0.25) is 5.02 Å². The molecule has 1 amide bonds. The molecule has 0 saturated heterocycles. The van der Waals surface area contributed by atoms with Gasteiger partial charge in [-0.2, -0.15) is 5.26 Å². The van der Waals surface area contributed by atoms with Crippen molar-refractivity contribution in [3.8, 4) is 6.07 Å². The maximum Gasteiger partial charge on any atom is 0.243 e. The van der Waals surface area contributed by atoms with Crippen LogP contribution in [0.3, 0.4) is 0 Å². The summed E-state index contributed by atoms with van der Waals surface area (Å²) in [6.45, 7) is 4.14. The fraction of sp³-hybridized carbons (Fsp3) is 0.176. The maximum atomic E-state index is 12.0. The quantitative estimate of drug-likeness (QED) is 0.900. The second-order valence-corrected chi connectivity index (χ2v) is 5.43. The molecule has 2 N–H and O–H groups in total. The summed E-state index contributed by atoms with van der Waals surface area (Å²) in [4.78, 5) is 12.0. The van der Waals surface area contributed by atoms with Crippen molar-refractivity contribution in [2.45, 2.75) is 13.8 Å². The highest BCUT2D eigenvalue weighted by Gasteiger charge is 2.06. The molecule has 2 aromatic rings. The van der Waals surface area contributed by atoms with E-state index in [2.05, 4.69) is 10.6 Å². The number of nitriles is 1. The summed E-state index contributed by atoms with van der Waals surface area (Å²) in [5.41, 5.74) is 4.10. The summed E-state index contributed by atoms with van der Waals surface area (Å²) in [6, 6.07) is 12.8. The molecule has 0 heterocycles. The molecule has 2 rings (SSSR count). The third-order valence-corrected chi connectivity index (χ3v) is 3.52. The van der Waals surface area contributed by atoms with Crippen LogP contribution in [0.1, 0.15) is 16.7 Å². The highest BCUT2D eigenvalue weighted by molar-refractivity contribution is 6.32. The van der Waals surface area contributed by atoms with Crippen LogP contribution in [0.25, 0.3) is 0 Å². The number of amides is 1. The molecule has 0 spiro atoms. The van der Waals surface area contributed by atoms with E-state index in [9.17, 15) is 4.79 Å². The van der Waals surface area contributed by atoms with E-state index < -0.39 is 0 Å². The average Bonchev–Trinajstić information content (AvgIpc) is 2.48. The Morgan fingerprint density at radius 2 is 2.00 bits per heavy atom. The van der Waals surface area contributed by atoms with Gasteiger partial charge in [0.15, 0.2) is 0 Å². The van der Waals surface area contributed by atoms with E-state index in [0.717, 1.165) is 16.8 Å². The molecule has 22 heavy (non-hydrogen) atoms.